The lowest BCUT2D eigenvalue weighted by molar-refractivity contribution is -0.153. The Balaban J connectivity index is 1.37. The molecular formula is C25H25FN4O6S2. The first-order valence-electron chi connectivity index (χ1n) is 12.2. The van der Waals surface area contributed by atoms with Gasteiger partial charge < -0.3 is 10.2 Å². The fourth-order valence-corrected chi connectivity index (χ4v) is 8.28. The van der Waals surface area contributed by atoms with Gasteiger partial charge in [0, 0.05) is 24.2 Å². The average molecular weight is 561 g/mol. The average Bonchev–Trinajstić information content (AvgIpc) is 3.45. The standard InChI is InChI=1S/C25H25FN4O6S2/c1-37(33,34)28-17-8-9-18-19(11-17)38(35,36)29-24(27-18)21-23(31)20-14-4-5-15(10-14)22(20)30(25(21)32)12-13-2-6-16(26)7-3-13/h2-3,6-9,11,14-15,20-22,28H,4-5,10,12H2,1H3,(H,27,29)/t14-,15+,20-,21?,22+/m0/s1. The number of fused-ring (bicyclic) bond motifs is 6. The Labute approximate surface area is 219 Å². The Morgan fingerprint density at radius 3 is 2.53 bits per heavy atom. The number of Topliss-reactive ketones (excluding diaryl/α,β-unsaturated/α-hetero) is 1. The lowest BCUT2D eigenvalue weighted by Gasteiger charge is -2.45. The molecule has 6 rings (SSSR count). The fourth-order valence-electron chi connectivity index (χ4n) is 6.54. The van der Waals surface area contributed by atoms with Gasteiger partial charge in [-0.2, -0.15) is 8.42 Å². The molecule has 200 valence electrons. The molecule has 2 aromatic rings. The van der Waals surface area contributed by atoms with Crippen LogP contribution in [0.25, 0.3) is 0 Å². The number of rotatable bonds is 5. The third kappa shape index (κ3) is 4.17. The van der Waals surface area contributed by atoms with Crippen molar-refractivity contribution in [3.05, 3.63) is 53.8 Å². The second kappa shape index (κ2) is 8.60. The molecule has 4 aliphatic rings. The number of nitrogens with zero attached hydrogens (tertiary/aromatic N) is 2. The van der Waals surface area contributed by atoms with Crippen LogP contribution in [-0.4, -0.2) is 51.6 Å². The summed E-state index contributed by atoms with van der Waals surface area (Å²) in [5.74, 6) is -3.08. The van der Waals surface area contributed by atoms with Crippen LogP contribution < -0.4 is 10.0 Å². The maximum atomic E-state index is 13.9. The molecule has 3 fully saturated rings. The van der Waals surface area contributed by atoms with Gasteiger partial charge in [0.25, 0.3) is 10.0 Å². The van der Waals surface area contributed by atoms with Crippen molar-refractivity contribution in [3.8, 4) is 0 Å². The van der Waals surface area contributed by atoms with Crippen LogP contribution in [0.4, 0.5) is 15.8 Å². The molecule has 2 aromatic carbocycles. The van der Waals surface area contributed by atoms with Gasteiger partial charge in [-0.05, 0) is 67.0 Å². The minimum Gasteiger partial charge on any atom is -0.341 e. The summed E-state index contributed by atoms with van der Waals surface area (Å²) >= 11 is 0. The Kier molecular flexibility index (Phi) is 5.65. The van der Waals surface area contributed by atoms with Gasteiger partial charge in [0.05, 0.1) is 11.9 Å². The maximum absolute atomic E-state index is 13.9. The lowest BCUT2D eigenvalue weighted by Crippen LogP contribution is -2.61. The second-order valence-corrected chi connectivity index (χ2v) is 13.8. The molecule has 0 aromatic heterocycles. The maximum Gasteiger partial charge on any atom is 0.286 e. The summed E-state index contributed by atoms with van der Waals surface area (Å²) in [7, 11) is -8.00. The van der Waals surface area contributed by atoms with Crippen molar-refractivity contribution in [3.63, 3.8) is 0 Å². The van der Waals surface area contributed by atoms with Gasteiger partial charge in [-0.1, -0.05) is 12.1 Å². The summed E-state index contributed by atoms with van der Waals surface area (Å²) in [6, 6.07) is 9.41. The SMILES string of the molecule is CS(=O)(=O)Nc1ccc2c(c1)S(=O)(=O)N=C(C1C(=O)[C@H]3[C@H]4CC[C@H](C4)[C@H]3N(Cc3ccc(F)cc3)C1=O)N2. The van der Waals surface area contributed by atoms with E-state index >= 15 is 0 Å². The van der Waals surface area contributed by atoms with Crippen LogP contribution in [0.5, 0.6) is 0 Å². The number of carbonyl (C=O) groups excluding carboxylic acids is 2. The smallest absolute Gasteiger partial charge is 0.286 e. The molecule has 0 spiro atoms. The highest BCUT2D eigenvalue weighted by molar-refractivity contribution is 7.92. The van der Waals surface area contributed by atoms with Crippen molar-refractivity contribution in [2.45, 2.75) is 36.7 Å². The largest absolute Gasteiger partial charge is 0.341 e. The van der Waals surface area contributed by atoms with Crippen molar-refractivity contribution in [1.82, 2.24) is 4.90 Å². The number of anilines is 2. The number of amidine groups is 1. The molecule has 38 heavy (non-hydrogen) atoms. The number of hydrogen-bond acceptors (Lipinski definition) is 7. The number of nitrogens with one attached hydrogen (secondary N) is 2. The molecule has 0 radical (unpaired) electrons. The van der Waals surface area contributed by atoms with Crippen molar-refractivity contribution < 1.29 is 30.8 Å². The van der Waals surface area contributed by atoms with Gasteiger partial charge in [0.1, 0.15) is 16.5 Å². The summed E-state index contributed by atoms with van der Waals surface area (Å²) < 4.78 is 69.0. The topological polar surface area (TPSA) is 142 Å². The number of benzene rings is 2. The second-order valence-electron chi connectivity index (χ2n) is 10.4. The van der Waals surface area contributed by atoms with E-state index in [9.17, 15) is 30.8 Å². The normalized spacial score (nSPS) is 29.4. The Morgan fingerprint density at radius 2 is 1.82 bits per heavy atom. The number of sulfonamides is 2. The Hall–Kier alpha value is -3.32. The molecule has 2 saturated carbocycles. The van der Waals surface area contributed by atoms with Crippen LogP contribution in [0.15, 0.2) is 51.8 Å². The molecule has 1 unspecified atom stereocenters. The van der Waals surface area contributed by atoms with E-state index in [-0.39, 0.29) is 52.3 Å². The molecule has 2 aliphatic carbocycles. The van der Waals surface area contributed by atoms with E-state index in [1.807, 2.05) is 0 Å². The zero-order valence-corrected chi connectivity index (χ0v) is 21.9. The van der Waals surface area contributed by atoms with Crippen LogP contribution in [0.2, 0.25) is 0 Å². The minimum atomic E-state index is -4.35. The number of carbonyl (C=O) groups is 2. The first-order chi connectivity index (χ1) is 17.9. The summed E-state index contributed by atoms with van der Waals surface area (Å²) in [6.07, 6.45) is 3.57. The third-order valence-electron chi connectivity index (χ3n) is 7.96. The Morgan fingerprint density at radius 1 is 1.11 bits per heavy atom. The van der Waals surface area contributed by atoms with E-state index in [4.69, 9.17) is 0 Å². The molecule has 10 nitrogen and oxygen atoms in total. The molecule has 2 heterocycles. The fraction of sp³-hybridized carbons (Fsp3) is 0.400. The molecule has 2 aliphatic heterocycles. The Bertz CT molecular complexity index is 1610. The first-order valence-corrected chi connectivity index (χ1v) is 15.6. The molecule has 5 atom stereocenters. The van der Waals surface area contributed by atoms with E-state index in [1.165, 1.54) is 24.3 Å². The number of ketones is 1. The van der Waals surface area contributed by atoms with Crippen molar-refractivity contribution >= 4 is 48.9 Å². The first kappa shape index (κ1) is 25.0. The lowest BCUT2D eigenvalue weighted by atomic mass is 9.73. The predicted molar refractivity (Wildman–Crippen MR) is 137 cm³/mol. The molecular weight excluding hydrogens is 535 g/mol. The van der Waals surface area contributed by atoms with Crippen LogP contribution in [-0.2, 0) is 36.2 Å². The van der Waals surface area contributed by atoms with Gasteiger partial charge in [-0.3, -0.25) is 14.3 Å². The van der Waals surface area contributed by atoms with Crippen LogP contribution in [0, 0.1) is 29.5 Å². The number of amides is 1. The molecule has 1 saturated heterocycles. The van der Waals surface area contributed by atoms with Gasteiger partial charge in [-0.15, -0.1) is 4.40 Å². The van der Waals surface area contributed by atoms with Gasteiger partial charge in [0.15, 0.2) is 11.7 Å². The van der Waals surface area contributed by atoms with Gasteiger partial charge in [0.2, 0.25) is 15.9 Å². The van der Waals surface area contributed by atoms with E-state index < -0.39 is 43.6 Å². The zero-order chi connectivity index (χ0) is 27.0. The van der Waals surface area contributed by atoms with Crippen molar-refractivity contribution in [1.29, 1.82) is 0 Å². The molecule has 13 heteroatoms. The summed E-state index contributed by atoms with van der Waals surface area (Å²) in [5, 5.41) is 2.86. The van der Waals surface area contributed by atoms with Crippen LogP contribution in [0.3, 0.4) is 0 Å². The molecule has 2 bridgehead atoms. The van der Waals surface area contributed by atoms with Crippen LogP contribution in [0.1, 0.15) is 24.8 Å². The highest BCUT2D eigenvalue weighted by Gasteiger charge is 2.60. The van der Waals surface area contributed by atoms with Crippen molar-refractivity contribution in [2.75, 3.05) is 16.3 Å². The highest BCUT2D eigenvalue weighted by atomic mass is 32.2. The van der Waals surface area contributed by atoms with Crippen molar-refractivity contribution in [2.24, 2.45) is 28.1 Å². The monoisotopic (exact) mass is 560 g/mol. The highest BCUT2D eigenvalue weighted by Crippen LogP contribution is 2.54. The predicted octanol–water partition coefficient (Wildman–Crippen LogP) is 2.35. The number of piperidine rings is 1. The number of hydrogen-bond donors (Lipinski definition) is 2. The summed E-state index contributed by atoms with van der Waals surface area (Å²) in [5.41, 5.74) is 0.835. The van der Waals surface area contributed by atoms with E-state index in [1.54, 1.807) is 17.0 Å². The third-order valence-corrected chi connectivity index (χ3v) is 9.90. The number of halogens is 1. The van der Waals surface area contributed by atoms with E-state index in [0.717, 1.165) is 31.6 Å². The van der Waals surface area contributed by atoms with Crippen LogP contribution >= 0.6 is 0 Å². The molecule has 1 amide bonds. The summed E-state index contributed by atoms with van der Waals surface area (Å²) in [4.78, 5) is 29.1. The van der Waals surface area contributed by atoms with E-state index in [0.29, 0.717) is 5.56 Å². The van der Waals surface area contributed by atoms with Gasteiger partial charge in [-0.25, -0.2) is 12.8 Å². The quantitative estimate of drug-likeness (QED) is 0.535. The molecule has 2 N–H and O–H groups in total. The minimum absolute atomic E-state index is 0.0374. The van der Waals surface area contributed by atoms with Gasteiger partial charge >= 0.3 is 0 Å². The number of likely N-dealkylation sites (tertiary alicyclic amines) is 1. The van der Waals surface area contributed by atoms with E-state index in [2.05, 4.69) is 14.4 Å². The summed E-state index contributed by atoms with van der Waals surface area (Å²) in [6.45, 7) is 0.171. The zero-order valence-electron chi connectivity index (χ0n) is 20.3.